The lowest BCUT2D eigenvalue weighted by Gasteiger charge is -2.26. The average Bonchev–Trinajstić information content (AvgIpc) is 2.24. The van der Waals surface area contributed by atoms with Crippen LogP contribution in [0.2, 0.25) is 0 Å². The first-order chi connectivity index (χ1) is 9.20. The highest BCUT2D eigenvalue weighted by Gasteiger charge is 2.09. The van der Waals surface area contributed by atoms with Crippen LogP contribution in [0.15, 0.2) is 0 Å². The third-order valence-corrected chi connectivity index (χ3v) is 3.30. The minimum Gasteiger partial charge on any atom is -0.312 e. The quantitative estimate of drug-likeness (QED) is 0.560. The van der Waals surface area contributed by atoms with Gasteiger partial charge < -0.3 is 10.2 Å². The van der Waals surface area contributed by atoms with Gasteiger partial charge in [0.2, 0.25) is 0 Å². The highest BCUT2D eigenvalue weighted by Crippen LogP contribution is 2.08. The molecule has 20 heavy (non-hydrogen) atoms. The van der Waals surface area contributed by atoms with Gasteiger partial charge in [0, 0.05) is 18.6 Å². The molecule has 0 fully saturated rings. The summed E-state index contributed by atoms with van der Waals surface area (Å²) in [6.07, 6.45) is 5.40. The van der Waals surface area contributed by atoms with E-state index >= 15 is 0 Å². The Bertz CT molecular complexity index is 206. The van der Waals surface area contributed by atoms with E-state index in [4.69, 9.17) is 0 Å². The topological polar surface area (TPSA) is 15.3 Å². The van der Waals surface area contributed by atoms with Crippen LogP contribution in [0.1, 0.15) is 74.1 Å². The molecule has 0 aromatic rings. The van der Waals surface area contributed by atoms with Gasteiger partial charge >= 0.3 is 0 Å². The highest BCUT2D eigenvalue weighted by molar-refractivity contribution is 4.69. The number of rotatable bonds is 11. The van der Waals surface area contributed by atoms with Gasteiger partial charge in [-0.3, -0.25) is 0 Å². The first-order valence-corrected chi connectivity index (χ1v) is 8.68. The molecule has 0 rings (SSSR count). The van der Waals surface area contributed by atoms with Gasteiger partial charge in [-0.05, 0) is 58.5 Å². The summed E-state index contributed by atoms with van der Waals surface area (Å²) < 4.78 is 0. The Kier molecular flexibility index (Phi) is 10.6. The molecule has 0 bridgehead atoms. The fraction of sp³-hybridized carbons (Fsp3) is 1.00. The summed E-state index contributed by atoms with van der Waals surface area (Å²) in [4.78, 5) is 2.66. The van der Waals surface area contributed by atoms with Crippen LogP contribution >= 0.6 is 0 Å². The van der Waals surface area contributed by atoms with E-state index in [-0.39, 0.29) is 5.54 Å². The monoisotopic (exact) mass is 284 g/mol. The van der Waals surface area contributed by atoms with Crippen molar-refractivity contribution < 1.29 is 0 Å². The molecule has 2 heteroatoms. The molecule has 0 radical (unpaired) electrons. The Labute approximate surface area is 128 Å². The maximum atomic E-state index is 3.56. The van der Waals surface area contributed by atoms with Crippen LogP contribution in [0, 0.1) is 11.8 Å². The third-order valence-electron chi connectivity index (χ3n) is 3.30. The molecular formula is C18H40N2. The normalized spacial score (nSPS) is 12.9. The van der Waals surface area contributed by atoms with Crippen molar-refractivity contribution in [1.82, 2.24) is 10.2 Å². The molecule has 0 aliphatic heterocycles. The van der Waals surface area contributed by atoms with Gasteiger partial charge in [-0.25, -0.2) is 0 Å². The van der Waals surface area contributed by atoms with E-state index in [9.17, 15) is 0 Å². The molecule has 0 aromatic heterocycles. The summed E-state index contributed by atoms with van der Waals surface area (Å²) in [5, 5.41) is 3.56. The van der Waals surface area contributed by atoms with E-state index in [1.54, 1.807) is 0 Å². The second-order valence-corrected chi connectivity index (χ2v) is 8.14. The number of hydrogen-bond acceptors (Lipinski definition) is 2. The Morgan fingerprint density at radius 2 is 1.30 bits per heavy atom. The molecule has 0 heterocycles. The number of nitrogens with zero attached hydrogens (tertiary/aromatic N) is 1. The lowest BCUT2D eigenvalue weighted by molar-refractivity contribution is 0.215. The van der Waals surface area contributed by atoms with E-state index in [2.05, 4.69) is 58.7 Å². The van der Waals surface area contributed by atoms with Gasteiger partial charge in [0.05, 0.1) is 0 Å². The first-order valence-electron chi connectivity index (χ1n) is 8.68. The van der Waals surface area contributed by atoms with Gasteiger partial charge in [0.25, 0.3) is 0 Å². The smallest absolute Gasteiger partial charge is 0.00965 e. The maximum absolute atomic E-state index is 3.56. The van der Waals surface area contributed by atoms with Crippen molar-refractivity contribution in [2.75, 3.05) is 26.2 Å². The van der Waals surface area contributed by atoms with Gasteiger partial charge in [-0.2, -0.15) is 0 Å². The molecule has 0 saturated heterocycles. The van der Waals surface area contributed by atoms with Crippen molar-refractivity contribution in [2.24, 2.45) is 11.8 Å². The van der Waals surface area contributed by atoms with E-state index in [1.165, 1.54) is 45.3 Å². The minimum absolute atomic E-state index is 0.269. The molecule has 1 N–H and O–H groups in total. The average molecular weight is 285 g/mol. The summed E-state index contributed by atoms with van der Waals surface area (Å²) in [6, 6.07) is 0. The van der Waals surface area contributed by atoms with Crippen LogP contribution < -0.4 is 5.32 Å². The van der Waals surface area contributed by atoms with Gasteiger partial charge in [0.15, 0.2) is 0 Å². The molecule has 0 aromatic carbocycles. The molecule has 0 spiro atoms. The predicted octanol–water partition coefficient (Wildman–Crippen LogP) is 4.55. The predicted molar refractivity (Wildman–Crippen MR) is 92.3 cm³/mol. The van der Waals surface area contributed by atoms with Crippen molar-refractivity contribution in [3.63, 3.8) is 0 Å². The van der Waals surface area contributed by atoms with E-state index in [1.807, 2.05) is 0 Å². The number of unbranched alkanes of at least 4 members (excludes halogenated alkanes) is 3. The highest BCUT2D eigenvalue weighted by atomic mass is 15.1. The van der Waals surface area contributed by atoms with Crippen molar-refractivity contribution in [1.29, 1.82) is 0 Å². The molecule has 0 aliphatic carbocycles. The molecule has 122 valence electrons. The fourth-order valence-corrected chi connectivity index (χ4v) is 2.57. The fourth-order valence-electron chi connectivity index (χ4n) is 2.57. The summed E-state index contributed by atoms with van der Waals surface area (Å²) in [5.74, 6) is 1.56. The van der Waals surface area contributed by atoms with E-state index in [0.717, 1.165) is 18.4 Å². The summed E-state index contributed by atoms with van der Waals surface area (Å²) in [6.45, 7) is 21.0. The number of nitrogens with one attached hydrogen (secondary N) is 1. The Morgan fingerprint density at radius 3 is 1.75 bits per heavy atom. The van der Waals surface area contributed by atoms with Crippen molar-refractivity contribution in [3.05, 3.63) is 0 Å². The van der Waals surface area contributed by atoms with Gasteiger partial charge in [0.1, 0.15) is 0 Å². The van der Waals surface area contributed by atoms with Crippen molar-refractivity contribution in [3.8, 4) is 0 Å². The first kappa shape index (κ1) is 19.9. The van der Waals surface area contributed by atoms with Crippen LogP contribution in [0.5, 0.6) is 0 Å². The molecule has 0 atom stereocenters. The van der Waals surface area contributed by atoms with Crippen LogP contribution in [0.3, 0.4) is 0 Å². The standard InChI is InChI=1S/C18H40N2/c1-16(2)14-20(15-17(3)4)13-11-9-8-10-12-19-18(5,6)7/h16-17,19H,8-15H2,1-7H3. The third kappa shape index (κ3) is 14.3. The molecule has 0 aliphatic rings. The zero-order valence-corrected chi connectivity index (χ0v) is 15.3. The van der Waals surface area contributed by atoms with E-state index < -0.39 is 0 Å². The molecule has 0 saturated carbocycles. The minimum atomic E-state index is 0.269. The SMILES string of the molecule is CC(C)CN(CCCCCCNC(C)(C)C)CC(C)C. The Hall–Kier alpha value is -0.0800. The second kappa shape index (κ2) is 10.6. The Morgan fingerprint density at radius 1 is 0.800 bits per heavy atom. The molecular weight excluding hydrogens is 244 g/mol. The zero-order valence-electron chi connectivity index (χ0n) is 15.3. The number of hydrogen-bond donors (Lipinski definition) is 1. The lowest BCUT2D eigenvalue weighted by atomic mass is 10.1. The summed E-state index contributed by atoms with van der Waals surface area (Å²) >= 11 is 0. The lowest BCUT2D eigenvalue weighted by Crippen LogP contribution is -2.36. The van der Waals surface area contributed by atoms with Gasteiger partial charge in [-0.1, -0.05) is 40.5 Å². The van der Waals surface area contributed by atoms with Gasteiger partial charge in [-0.15, -0.1) is 0 Å². The molecule has 0 unspecified atom stereocenters. The largest absolute Gasteiger partial charge is 0.312 e. The Balaban J connectivity index is 3.62. The summed E-state index contributed by atoms with van der Waals surface area (Å²) in [5.41, 5.74) is 0.269. The summed E-state index contributed by atoms with van der Waals surface area (Å²) in [7, 11) is 0. The van der Waals surface area contributed by atoms with Crippen LogP contribution in [0.25, 0.3) is 0 Å². The van der Waals surface area contributed by atoms with Crippen molar-refractivity contribution >= 4 is 0 Å². The second-order valence-electron chi connectivity index (χ2n) is 8.14. The van der Waals surface area contributed by atoms with Crippen LogP contribution in [0.4, 0.5) is 0 Å². The van der Waals surface area contributed by atoms with Crippen LogP contribution in [-0.2, 0) is 0 Å². The van der Waals surface area contributed by atoms with E-state index in [0.29, 0.717) is 0 Å². The maximum Gasteiger partial charge on any atom is 0.00965 e. The van der Waals surface area contributed by atoms with Crippen LogP contribution in [-0.4, -0.2) is 36.6 Å². The van der Waals surface area contributed by atoms with Crippen molar-refractivity contribution in [2.45, 2.75) is 79.7 Å². The molecule has 2 nitrogen and oxygen atoms in total. The zero-order chi connectivity index (χ0) is 15.6. The molecule has 0 amide bonds.